The van der Waals surface area contributed by atoms with E-state index in [1.165, 1.54) is 0 Å². The summed E-state index contributed by atoms with van der Waals surface area (Å²) in [4.78, 5) is 11.8. The van der Waals surface area contributed by atoms with Crippen molar-refractivity contribution < 1.29 is 14.3 Å². The Bertz CT molecular complexity index is 413. The molecule has 0 radical (unpaired) electrons. The van der Waals surface area contributed by atoms with E-state index >= 15 is 0 Å². The van der Waals surface area contributed by atoms with Crippen LogP contribution < -0.4 is 5.32 Å². The van der Waals surface area contributed by atoms with Crippen molar-refractivity contribution in [2.75, 3.05) is 6.61 Å². The summed E-state index contributed by atoms with van der Waals surface area (Å²) in [7, 11) is 0. The molecule has 0 aromatic carbocycles. The highest BCUT2D eigenvalue weighted by molar-refractivity contribution is 6.76. The zero-order chi connectivity index (χ0) is 17.6. The molecule has 2 N–H and O–H groups in total. The number of carbonyl (C=O) groups is 1. The van der Waals surface area contributed by atoms with E-state index in [4.69, 9.17) is 49.7 Å². The zero-order valence-corrected chi connectivity index (χ0v) is 15.6. The van der Waals surface area contributed by atoms with E-state index in [1.54, 1.807) is 32.9 Å². The molecule has 0 saturated carbocycles. The molecule has 0 aliphatic rings. The van der Waals surface area contributed by atoms with E-state index in [9.17, 15) is 4.79 Å². The van der Waals surface area contributed by atoms with Crippen LogP contribution >= 0.6 is 34.8 Å². The van der Waals surface area contributed by atoms with Crippen molar-refractivity contribution in [3.63, 3.8) is 0 Å². The maximum absolute atomic E-state index is 11.8. The molecule has 128 valence electrons. The van der Waals surface area contributed by atoms with Crippen LogP contribution in [0.1, 0.15) is 34.6 Å². The van der Waals surface area contributed by atoms with Crippen molar-refractivity contribution in [3.8, 4) is 0 Å². The largest absolute Gasteiger partial charge is 0.474 e. The summed E-state index contributed by atoms with van der Waals surface area (Å²) < 4.78 is 8.31. The van der Waals surface area contributed by atoms with Gasteiger partial charge in [0.2, 0.25) is 5.90 Å². The second-order valence-electron chi connectivity index (χ2n) is 5.98. The van der Waals surface area contributed by atoms with Gasteiger partial charge in [-0.2, -0.15) is 0 Å². The van der Waals surface area contributed by atoms with Gasteiger partial charge < -0.3 is 14.8 Å². The maximum Gasteiger partial charge on any atom is 0.408 e. The minimum atomic E-state index is -1.87. The van der Waals surface area contributed by atoms with Crippen molar-refractivity contribution in [1.29, 1.82) is 5.41 Å². The molecule has 0 heterocycles. The molecule has 0 aromatic heterocycles. The van der Waals surface area contributed by atoms with E-state index < -0.39 is 21.4 Å². The number of rotatable bonds is 5. The minimum Gasteiger partial charge on any atom is -0.474 e. The van der Waals surface area contributed by atoms with Crippen molar-refractivity contribution in [2.45, 2.75) is 50.1 Å². The van der Waals surface area contributed by atoms with Crippen LogP contribution in [0.5, 0.6) is 0 Å². The van der Waals surface area contributed by atoms with Crippen molar-refractivity contribution in [3.05, 3.63) is 12.2 Å². The van der Waals surface area contributed by atoms with E-state index in [0.717, 1.165) is 0 Å². The molecule has 0 aliphatic heterocycles. The molecule has 0 unspecified atom stereocenters. The average Bonchev–Trinajstić information content (AvgIpc) is 2.28. The number of hydrogen-bond donors (Lipinski definition) is 2. The van der Waals surface area contributed by atoms with Crippen LogP contribution in [0.3, 0.4) is 0 Å². The van der Waals surface area contributed by atoms with Gasteiger partial charge in [0.05, 0.1) is 6.04 Å². The first-order valence-corrected chi connectivity index (χ1v) is 7.91. The average molecular weight is 374 g/mol. The number of alkyl carbamates (subject to hydrolysis) is 1. The number of ether oxygens (including phenoxy) is 2. The quantitative estimate of drug-likeness (QED) is 0.323. The molecule has 0 aromatic rings. The Morgan fingerprint density at radius 3 is 2.23 bits per heavy atom. The van der Waals surface area contributed by atoms with Crippen LogP contribution in [0.25, 0.3) is 0 Å². The molecule has 22 heavy (non-hydrogen) atoms. The Labute approximate surface area is 146 Å². The van der Waals surface area contributed by atoms with Gasteiger partial charge >= 0.3 is 6.09 Å². The Morgan fingerprint density at radius 2 is 1.82 bits per heavy atom. The van der Waals surface area contributed by atoms with Crippen LogP contribution in [0.15, 0.2) is 12.2 Å². The van der Waals surface area contributed by atoms with Crippen LogP contribution in [-0.2, 0) is 9.47 Å². The van der Waals surface area contributed by atoms with Gasteiger partial charge in [-0.25, -0.2) is 4.79 Å². The highest BCUT2D eigenvalue weighted by Crippen LogP contribution is 2.27. The molecule has 0 spiro atoms. The van der Waals surface area contributed by atoms with Gasteiger partial charge in [0.25, 0.3) is 3.79 Å². The lowest BCUT2D eigenvalue weighted by Crippen LogP contribution is -2.40. The van der Waals surface area contributed by atoms with Gasteiger partial charge in [0, 0.05) is 0 Å². The van der Waals surface area contributed by atoms with Gasteiger partial charge in [-0.3, -0.25) is 5.41 Å². The van der Waals surface area contributed by atoms with Gasteiger partial charge in [0.1, 0.15) is 12.2 Å². The number of amides is 1. The van der Waals surface area contributed by atoms with Crippen molar-refractivity contribution in [2.24, 2.45) is 5.92 Å². The molecule has 0 bridgehead atoms. The summed E-state index contributed by atoms with van der Waals surface area (Å²) in [6.07, 6.45) is 2.90. The second-order valence-corrected chi connectivity index (χ2v) is 8.26. The highest BCUT2D eigenvalue weighted by atomic mass is 35.6. The highest BCUT2D eigenvalue weighted by Gasteiger charge is 2.28. The summed E-state index contributed by atoms with van der Waals surface area (Å²) in [5, 5.41) is 10.1. The van der Waals surface area contributed by atoms with Gasteiger partial charge in [-0.15, -0.1) is 0 Å². The minimum absolute atomic E-state index is 0.0615. The van der Waals surface area contributed by atoms with Crippen molar-refractivity contribution in [1.82, 2.24) is 5.32 Å². The van der Waals surface area contributed by atoms with Gasteiger partial charge in [-0.1, -0.05) is 54.7 Å². The Kier molecular flexibility index (Phi) is 8.58. The van der Waals surface area contributed by atoms with Gasteiger partial charge in [0.15, 0.2) is 0 Å². The molecule has 5 nitrogen and oxygen atoms in total. The Morgan fingerprint density at radius 1 is 1.27 bits per heavy atom. The molecule has 0 fully saturated rings. The zero-order valence-electron chi connectivity index (χ0n) is 13.4. The summed E-state index contributed by atoms with van der Waals surface area (Å²) >= 11 is 16.5. The van der Waals surface area contributed by atoms with Crippen LogP contribution in [0, 0.1) is 11.3 Å². The van der Waals surface area contributed by atoms with E-state index in [-0.39, 0.29) is 18.6 Å². The van der Waals surface area contributed by atoms with Crippen molar-refractivity contribution >= 4 is 46.8 Å². The first-order chi connectivity index (χ1) is 9.83. The van der Waals surface area contributed by atoms with E-state index in [2.05, 4.69) is 5.32 Å². The van der Waals surface area contributed by atoms with Crippen LogP contribution in [0.2, 0.25) is 0 Å². The fraction of sp³-hybridized carbons (Fsp3) is 0.714. The van der Waals surface area contributed by atoms with Gasteiger partial charge in [-0.05, 0) is 32.8 Å². The predicted octanol–water partition coefficient (Wildman–Crippen LogP) is 4.46. The smallest absolute Gasteiger partial charge is 0.408 e. The molecule has 0 rings (SSSR count). The standard InChI is InChI=1S/C14H23Cl3N2O3/c1-9(2)10(19-12(20)22-13(3,4)5)7-6-8-21-11(18)14(15,16)17/h6-7,9-10,18H,8H2,1-5H3,(H,19,20)/b7-6+,18-11?/t10-/m1/s1. The second kappa shape index (κ2) is 8.85. The molecule has 1 atom stereocenters. The topological polar surface area (TPSA) is 71.4 Å². The molecule has 0 aliphatic carbocycles. The monoisotopic (exact) mass is 372 g/mol. The fourth-order valence-corrected chi connectivity index (χ4v) is 1.46. The lowest BCUT2D eigenvalue weighted by atomic mass is 10.0. The normalized spacial score (nSPS) is 14.0. The Balaban J connectivity index is 4.45. The SMILES string of the molecule is CC(C)[C@@H](/C=C/COC(=N)C(Cl)(Cl)Cl)NC(=O)OC(C)(C)C. The van der Waals surface area contributed by atoms with E-state index in [0.29, 0.717) is 0 Å². The summed E-state index contributed by atoms with van der Waals surface area (Å²) in [5.41, 5.74) is -0.558. The van der Waals surface area contributed by atoms with Crippen LogP contribution in [-0.4, -0.2) is 34.0 Å². The number of nitrogens with one attached hydrogen (secondary N) is 2. The number of alkyl halides is 3. The predicted molar refractivity (Wildman–Crippen MR) is 91.1 cm³/mol. The van der Waals surface area contributed by atoms with Crippen LogP contribution in [0.4, 0.5) is 4.79 Å². The number of hydrogen-bond acceptors (Lipinski definition) is 4. The molecular weight excluding hydrogens is 351 g/mol. The maximum atomic E-state index is 11.8. The fourth-order valence-electron chi connectivity index (χ4n) is 1.30. The third-order valence-electron chi connectivity index (χ3n) is 2.33. The Hall–Kier alpha value is -0.650. The first kappa shape index (κ1) is 21.4. The molecule has 0 saturated heterocycles. The molecule has 8 heteroatoms. The number of halogens is 3. The van der Waals surface area contributed by atoms with E-state index in [1.807, 2.05) is 13.8 Å². The lowest BCUT2D eigenvalue weighted by molar-refractivity contribution is 0.0504. The number of carbonyl (C=O) groups excluding carboxylic acids is 1. The first-order valence-electron chi connectivity index (χ1n) is 6.77. The third kappa shape index (κ3) is 10.1. The summed E-state index contributed by atoms with van der Waals surface area (Å²) in [5.74, 6) is -0.306. The summed E-state index contributed by atoms with van der Waals surface area (Å²) in [6, 6.07) is -0.236. The lowest BCUT2D eigenvalue weighted by Gasteiger charge is -2.24. The third-order valence-corrected chi connectivity index (χ3v) is 2.84. The summed E-state index contributed by atoms with van der Waals surface area (Å²) in [6.45, 7) is 9.36. The molecule has 1 amide bonds. The molecular formula is C14H23Cl3N2O3.